The predicted molar refractivity (Wildman–Crippen MR) is 96.2 cm³/mol. The van der Waals surface area contributed by atoms with Crippen molar-refractivity contribution in [2.75, 3.05) is 11.9 Å². The van der Waals surface area contributed by atoms with Gasteiger partial charge in [-0.3, -0.25) is 9.88 Å². The molecule has 1 saturated heterocycles. The highest BCUT2D eigenvalue weighted by Gasteiger charge is 2.27. The summed E-state index contributed by atoms with van der Waals surface area (Å²) in [4.78, 5) is 15.5. The van der Waals surface area contributed by atoms with Crippen LogP contribution in [-0.2, 0) is 6.54 Å². The van der Waals surface area contributed by atoms with Crippen molar-refractivity contribution in [3.8, 4) is 0 Å². The van der Waals surface area contributed by atoms with E-state index < -0.39 is 0 Å². The second-order valence-electron chi connectivity index (χ2n) is 6.01. The normalized spacial score (nSPS) is 17.7. The van der Waals surface area contributed by atoms with E-state index in [4.69, 9.17) is 4.98 Å². The first-order valence-corrected chi connectivity index (χ1v) is 9.14. The Kier molecular flexibility index (Phi) is 4.67. The molecule has 1 N–H and O–H groups in total. The number of thiazole rings is 1. The van der Waals surface area contributed by atoms with Crippen LogP contribution in [0.3, 0.4) is 0 Å². The van der Waals surface area contributed by atoms with Crippen molar-refractivity contribution in [2.45, 2.75) is 25.4 Å². The number of hydrogen-bond acceptors (Lipinski definition) is 6. The molecule has 1 atom stereocenters. The van der Waals surface area contributed by atoms with Crippen LogP contribution in [0.4, 0.5) is 15.3 Å². The number of hydrogen-bond donors (Lipinski definition) is 1. The zero-order valence-corrected chi connectivity index (χ0v) is 14.4. The molecule has 1 fully saturated rings. The molecule has 5 nitrogen and oxygen atoms in total. The van der Waals surface area contributed by atoms with Gasteiger partial charge in [-0.05, 0) is 43.7 Å². The van der Waals surface area contributed by atoms with E-state index in [-0.39, 0.29) is 11.9 Å². The van der Waals surface area contributed by atoms with Gasteiger partial charge in [0.05, 0.1) is 23.6 Å². The highest BCUT2D eigenvalue weighted by molar-refractivity contribution is 7.13. The summed E-state index contributed by atoms with van der Waals surface area (Å²) in [5, 5.41) is 6.01. The predicted octanol–water partition coefficient (Wildman–Crippen LogP) is 4.15. The SMILES string of the molecule is Fc1ccc(CN2CCCC2c2cccc(Nc3nccs3)n2)nc1. The molecule has 0 radical (unpaired) electrons. The van der Waals surface area contributed by atoms with E-state index in [1.54, 1.807) is 23.6 Å². The number of likely N-dealkylation sites (tertiary alicyclic amines) is 1. The summed E-state index contributed by atoms with van der Waals surface area (Å²) in [6.45, 7) is 1.70. The Morgan fingerprint density at radius 2 is 2.20 bits per heavy atom. The summed E-state index contributed by atoms with van der Waals surface area (Å²) < 4.78 is 13.0. The molecule has 0 bridgehead atoms. The molecule has 128 valence electrons. The van der Waals surface area contributed by atoms with Crippen molar-refractivity contribution in [3.05, 3.63) is 65.3 Å². The second-order valence-corrected chi connectivity index (χ2v) is 6.90. The Hall–Kier alpha value is -2.38. The standard InChI is InChI=1S/C18H18FN5S/c19-13-6-7-14(21-11-13)12-24-9-2-4-16(24)15-3-1-5-17(22-15)23-18-20-8-10-25-18/h1,3,5-8,10-11,16H,2,4,9,12H2,(H,20,22,23). The molecular formula is C18H18FN5S. The van der Waals surface area contributed by atoms with Gasteiger partial charge < -0.3 is 5.32 Å². The van der Waals surface area contributed by atoms with E-state index >= 15 is 0 Å². The van der Waals surface area contributed by atoms with Crippen molar-refractivity contribution < 1.29 is 4.39 Å². The lowest BCUT2D eigenvalue weighted by Gasteiger charge is -2.24. The molecule has 4 heterocycles. The third-order valence-electron chi connectivity index (χ3n) is 4.30. The lowest BCUT2D eigenvalue weighted by Crippen LogP contribution is -2.24. The first kappa shape index (κ1) is 16.1. The Morgan fingerprint density at radius 3 is 3.00 bits per heavy atom. The van der Waals surface area contributed by atoms with Crippen molar-refractivity contribution >= 4 is 22.3 Å². The Bertz CT molecular complexity index is 822. The zero-order chi connectivity index (χ0) is 17.1. The molecule has 3 aromatic rings. The number of nitrogens with one attached hydrogen (secondary N) is 1. The van der Waals surface area contributed by atoms with E-state index in [2.05, 4.69) is 26.3 Å². The van der Waals surface area contributed by atoms with Crippen LogP contribution in [0.5, 0.6) is 0 Å². The van der Waals surface area contributed by atoms with Gasteiger partial charge in [0.25, 0.3) is 0 Å². The van der Waals surface area contributed by atoms with Gasteiger partial charge in [-0.25, -0.2) is 14.4 Å². The van der Waals surface area contributed by atoms with Crippen LogP contribution in [0, 0.1) is 5.82 Å². The molecule has 0 amide bonds. The smallest absolute Gasteiger partial charge is 0.188 e. The van der Waals surface area contributed by atoms with Gasteiger partial charge in [-0.2, -0.15) is 0 Å². The lowest BCUT2D eigenvalue weighted by molar-refractivity contribution is 0.241. The fraction of sp³-hybridized carbons (Fsp3) is 0.278. The minimum atomic E-state index is -0.302. The molecular weight excluding hydrogens is 337 g/mol. The number of nitrogens with zero attached hydrogens (tertiary/aromatic N) is 4. The van der Waals surface area contributed by atoms with Gasteiger partial charge in [0.1, 0.15) is 11.6 Å². The van der Waals surface area contributed by atoms with Gasteiger partial charge >= 0.3 is 0 Å². The average Bonchev–Trinajstić information content (AvgIpc) is 3.29. The van der Waals surface area contributed by atoms with Gasteiger partial charge in [0, 0.05) is 18.1 Å². The van der Waals surface area contributed by atoms with Crippen LogP contribution in [0.2, 0.25) is 0 Å². The molecule has 1 aliphatic heterocycles. The highest BCUT2D eigenvalue weighted by Crippen LogP contribution is 2.32. The number of anilines is 2. The van der Waals surface area contributed by atoms with E-state index in [0.29, 0.717) is 6.54 Å². The number of pyridine rings is 2. The van der Waals surface area contributed by atoms with Crippen LogP contribution in [0.1, 0.15) is 30.3 Å². The Labute approximate surface area is 149 Å². The first-order valence-electron chi connectivity index (χ1n) is 8.26. The van der Waals surface area contributed by atoms with Gasteiger partial charge in [-0.15, -0.1) is 11.3 Å². The summed E-state index contributed by atoms with van der Waals surface area (Å²) in [6, 6.07) is 9.50. The molecule has 3 aromatic heterocycles. The van der Waals surface area contributed by atoms with E-state index in [0.717, 1.165) is 41.7 Å². The fourth-order valence-electron chi connectivity index (χ4n) is 3.16. The second kappa shape index (κ2) is 7.25. The topological polar surface area (TPSA) is 53.9 Å². The molecule has 7 heteroatoms. The molecule has 1 unspecified atom stereocenters. The van der Waals surface area contributed by atoms with Crippen LogP contribution in [0.15, 0.2) is 48.1 Å². The first-order chi connectivity index (χ1) is 12.3. The van der Waals surface area contributed by atoms with Crippen LogP contribution >= 0.6 is 11.3 Å². The number of halogens is 1. The minimum Gasteiger partial charge on any atom is -0.316 e. The van der Waals surface area contributed by atoms with E-state index in [9.17, 15) is 4.39 Å². The summed E-state index contributed by atoms with van der Waals surface area (Å²) >= 11 is 1.55. The molecule has 1 aliphatic rings. The maximum atomic E-state index is 13.0. The fourth-order valence-corrected chi connectivity index (χ4v) is 3.70. The molecule has 0 aromatic carbocycles. The van der Waals surface area contributed by atoms with Crippen LogP contribution < -0.4 is 5.32 Å². The summed E-state index contributed by atoms with van der Waals surface area (Å²) in [5.74, 6) is 0.503. The van der Waals surface area contributed by atoms with Crippen molar-refractivity contribution in [1.29, 1.82) is 0 Å². The third kappa shape index (κ3) is 3.83. The van der Waals surface area contributed by atoms with Gasteiger partial charge in [-0.1, -0.05) is 6.07 Å². The van der Waals surface area contributed by atoms with Crippen molar-refractivity contribution in [3.63, 3.8) is 0 Å². The lowest BCUT2D eigenvalue weighted by atomic mass is 10.1. The molecule has 4 rings (SSSR count). The maximum absolute atomic E-state index is 13.0. The van der Waals surface area contributed by atoms with Crippen molar-refractivity contribution in [2.24, 2.45) is 0 Å². The average molecular weight is 355 g/mol. The molecule has 0 aliphatic carbocycles. The summed E-state index contributed by atoms with van der Waals surface area (Å²) in [6.07, 6.45) is 5.23. The third-order valence-corrected chi connectivity index (χ3v) is 4.99. The van der Waals surface area contributed by atoms with Crippen LogP contribution in [0.25, 0.3) is 0 Å². The monoisotopic (exact) mass is 355 g/mol. The zero-order valence-electron chi connectivity index (χ0n) is 13.6. The van der Waals surface area contributed by atoms with Gasteiger partial charge in [0.15, 0.2) is 5.13 Å². The summed E-state index contributed by atoms with van der Waals surface area (Å²) in [7, 11) is 0. The maximum Gasteiger partial charge on any atom is 0.188 e. The number of rotatable bonds is 5. The van der Waals surface area contributed by atoms with E-state index in [1.165, 1.54) is 12.3 Å². The Balaban J connectivity index is 1.50. The largest absolute Gasteiger partial charge is 0.316 e. The molecule has 0 spiro atoms. The van der Waals surface area contributed by atoms with Gasteiger partial charge in [0.2, 0.25) is 0 Å². The Morgan fingerprint density at radius 1 is 1.24 bits per heavy atom. The molecule has 0 saturated carbocycles. The van der Waals surface area contributed by atoms with Crippen molar-refractivity contribution in [1.82, 2.24) is 19.9 Å². The molecule has 25 heavy (non-hydrogen) atoms. The number of aromatic nitrogens is 3. The van der Waals surface area contributed by atoms with E-state index in [1.807, 2.05) is 17.5 Å². The highest BCUT2D eigenvalue weighted by atomic mass is 32.1. The quantitative estimate of drug-likeness (QED) is 0.745. The summed E-state index contributed by atoms with van der Waals surface area (Å²) in [5.41, 5.74) is 1.92. The van der Waals surface area contributed by atoms with Crippen LogP contribution in [-0.4, -0.2) is 26.4 Å². The minimum absolute atomic E-state index is 0.255.